The monoisotopic (exact) mass is 480 g/mol. The van der Waals surface area contributed by atoms with Crippen LogP contribution in [-0.4, -0.2) is 64.6 Å². The van der Waals surface area contributed by atoms with Gasteiger partial charge in [-0.1, -0.05) is 31.9 Å². The van der Waals surface area contributed by atoms with Crippen molar-refractivity contribution in [1.82, 2.24) is 25.3 Å². The van der Waals surface area contributed by atoms with E-state index >= 15 is 0 Å². The fourth-order valence-corrected chi connectivity index (χ4v) is 4.92. The van der Waals surface area contributed by atoms with Crippen molar-refractivity contribution in [2.75, 3.05) is 25.5 Å². The number of fused-ring (bicyclic) bond motifs is 1. The second-order valence-corrected chi connectivity index (χ2v) is 10.0. The molecule has 1 aromatic heterocycles. The fraction of sp³-hybridized carbons (Fsp3) is 0.538. The first-order valence-electron chi connectivity index (χ1n) is 12.5. The molecule has 0 radical (unpaired) electrons. The molecule has 4 rings (SSSR count). The molecule has 1 atom stereocenters. The summed E-state index contributed by atoms with van der Waals surface area (Å²) in [4.78, 5) is 43.3. The van der Waals surface area contributed by atoms with Gasteiger partial charge in [0.05, 0.1) is 6.54 Å². The lowest BCUT2D eigenvalue weighted by Crippen LogP contribution is -2.65. The van der Waals surface area contributed by atoms with E-state index < -0.39 is 5.54 Å². The number of anilines is 1. The van der Waals surface area contributed by atoms with E-state index in [1.54, 1.807) is 11.8 Å². The molecule has 1 aliphatic heterocycles. The Kier molecular flexibility index (Phi) is 7.14. The maximum absolute atomic E-state index is 13.4. The van der Waals surface area contributed by atoms with Gasteiger partial charge in [0.25, 0.3) is 11.8 Å². The largest absolute Gasteiger partial charge is 0.378 e. The lowest BCUT2D eigenvalue weighted by atomic mass is 9.94. The van der Waals surface area contributed by atoms with E-state index in [0.717, 1.165) is 43.4 Å². The van der Waals surface area contributed by atoms with Crippen LogP contribution in [0.25, 0.3) is 0 Å². The molecule has 35 heavy (non-hydrogen) atoms. The lowest BCUT2D eigenvalue weighted by Gasteiger charge is -2.43. The average molecular weight is 481 g/mol. The summed E-state index contributed by atoms with van der Waals surface area (Å²) < 4.78 is 1.52. The Balaban J connectivity index is 1.50. The Hall–Kier alpha value is -3.36. The van der Waals surface area contributed by atoms with Crippen molar-refractivity contribution in [3.05, 3.63) is 47.3 Å². The first kappa shape index (κ1) is 24.8. The normalized spacial score (nSPS) is 20.0. The molecule has 0 bridgehead atoms. The predicted molar refractivity (Wildman–Crippen MR) is 134 cm³/mol. The van der Waals surface area contributed by atoms with Crippen LogP contribution in [0.15, 0.2) is 30.3 Å². The second-order valence-electron chi connectivity index (χ2n) is 10.0. The molecule has 188 valence electrons. The third-order valence-electron chi connectivity index (χ3n) is 7.06. The van der Waals surface area contributed by atoms with Crippen LogP contribution in [0.2, 0.25) is 0 Å². The summed E-state index contributed by atoms with van der Waals surface area (Å²) in [6, 6.07) is 9.61. The standard InChI is InChI=1S/C26H36N6O3/c1-5-14-31-24(34)22-15-21(23(33)27-16-18-10-12-20(13-11-18)30(3)4)29-32(22)17-26(31,2)25(35)28-19-8-6-7-9-19/h10-13,15,19H,5-9,14,16-17H2,1-4H3,(H,27,33)(H,28,35)/t26-/m0/s1. The zero-order valence-corrected chi connectivity index (χ0v) is 21.1. The number of benzene rings is 1. The number of hydrogen-bond acceptors (Lipinski definition) is 5. The highest BCUT2D eigenvalue weighted by Gasteiger charge is 2.48. The number of rotatable bonds is 8. The van der Waals surface area contributed by atoms with Gasteiger partial charge in [-0.3, -0.25) is 19.1 Å². The first-order chi connectivity index (χ1) is 16.7. The average Bonchev–Trinajstić information content (AvgIpc) is 3.50. The van der Waals surface area contributed by atoms with Gasteiger partial charge in [0.2, 0.25) is 5.91 Å². The summed E-state index contributed by atoms with van der Waals surface area (Å²) in [5, 5.41) is 10.5. The number of nitrogens with zero attached hydrogens (tertiary/aromatic N) is 4. The topological polar surface area (TPSA) is 99.6 Å². The maximum Gasteiger partial charge on any atom is 0.273 e. The van der Waals surface area contributed by atoms with Crippen molar-refractivity contribution >= 4 is 23.4 Å². The van der Waals surface area contributed by atoms with E-state index in [0.29, 0.717) is 18.8 Å². The molecule has 9 heteroatoms. The Morgan fingerprint density at radius 2 is 1.86 bits per heavy atom. The van der Waals surface area contributed by atoms with E-state index in [1.807, 2.05) is 50.2 Å². The van der Waals surface area contributed by atoms with Gasteiger partial charge < -0.3 is 20.4 Å². The fourth-order valence-electron chi connectivity index (χ4n) is 4.92. The van der Waals surface area contributed by atoms with Gasteiger partial charge in [0.15, 0.2) is 5.69 Å². The van der Waals surface area contributed by atoms with Crippen LogP contribution in [0.3, 0.4) is 0 Å². The summed E-state index contributed by atoms with van der Waals surface area (Å²) in [5.74, 6) is -0.775. The Bertz CT molecular complexity index is 1090. The molecular weight excluding hydrogens is 444 g/mol. The molecule has 0 saturated heterocycles. The van der Waals surface area contributed by atoms with Crippen molar-refractivity contribution in [2.45, 2.75) is 70.6 Å². The van der Waals surface area contributed by atoms with Crippen LogP contribution in [0, 0.1) is 0 Å². The summed E-state index contributed by atoms with van der Waals surface area (Å²) in [5.41, 5.74) is 1.50. The number of carbonyl (C=O) groups excluding carboxylic acids is 3. The van der Waals surface area contributed by atoms with Crippen LogP contribution in [0.4, 0.5) is 5.69 Å². The second kappa shape index (κ2) is 10.1. The van der Waals surface area contributed by atoms with Crippen LogP contribution < -0.4 is 15.5 Å². The van der Waals surface area contributed by atoms with Crippen molar-refractivity contribution in [3.63, 3.8) is 0 Å². The molecule has 2 aromatic rings. The zero-order valence-electron chi connectivity index (χ0n) is 21.1. The molecule has 2 aliphatic rings. The molecule has 3 amide bonds. The van der Waals surface area contributed by atoms with Crippen molar-refractivity contribution < 1.29 is 14.4 Å². The van der Waals surface area contributed by atoms with E-state index in [9.17, 15) is 14.4 Å². The third-order valence-corrected chi connectivity index (χ3v) is 7.06. The van der Waals surface area contributed by atoms with E-state index in [2.05, 4.69) is 15.7 Å². The lowest BCUT2D eigenvalue weighted by molar-refractivity contribution is -0.133. The molecule has 1 aromatic carbocycles. The Labute approximate surface area is 206 Å². The number of amides is 3. The van der Waals surface area contributed by atoms with Gasteiger partial charge in [-0.05, 0) is 43.9 Å². The minimum Gasteiger partial charge on any atom is -0.378 e. The highest BCUT2D eigenvalue weighted by Crippen LogP contribution is 2.29. The summed E-state index contributed by atoms with van der Waals surface area (Å²) in [7, 11) is 3.95. The van der Waals surface area contributed by atoms with E-state index in [4.69, 9.17) is 0 Å². The Morgan fingerprint density at radius 3 is 2.49 bits per heavy atom. The molecule has 0 spiro atoms. The molecule has 9 nitrogen and oxygen atoms in total. The van der Waals surface area contributed by atoms with Crippen LogP contribution in [-0.2, 0) is 17.9 Å². The van der Waals surface area contributed by atoms with E-state index in [1.165, 1.54) is 10.7 Å². The summed E-state index contributed by atoms with van der Waals surface area (Å²) >= 11 is 0. The molecule has 1 saturated carbocycles. The van der Waals surface area contributed by atoms with Crippen molar-refractivity contribution in [2.24, 2.45) is 0 Å². The van der Waals surface area contributed by atoms with Gasteiger partial charge in [0, 0.05) is 45.0 Å². The predicted octanol–water partition coefficient (Wildman–Crippen LogP) is 2.56. The number of aromatic nitrogens is 2. The highest BCUT2D eigenvalue weighted by atomic mass is 16.2. The molecule has 2 heterocycles. The smallest absolute Gasteiger partial charge is 0.273 e. The molecule has 2 N–H and O–H groups in total. The SMILES string of the molecule is CCCN1C(=O)c2cc(C(=O)NCc3ccc(N(C)C)cc3)nn2C[C@@]1(C)C(=O)NC1CCCC1. The van der Waals surface area contributed by atoms with Gasteiger partial charge in [-0.25, -0.2) is 0 Å². The van der Waals surface area contributed by atoms with E-state index in [-0.39, 0.29) is 36.0 Å². The van der Waals surface area contributed by atoms with Crippen molar-refractivity contribution in [1.29, 1.82) is 0 Å². The van der Waals surface area contributed by atoms with Crippen LogP contribution in [0.5, 0.6) is 0 Å². The van der Waals surface area contributed by atoms with Gasteiger partial charge >= 0.3 is 0 Å². The summed E-state index contributed by atoms with van der Waals surface area (Å²) in [6.07, 6.45) is 4.89. The van der Waals surface area contributed by atoms with Crippen LogP contribution in [0.1, 0.15) is 72.5 Å². The van der Waals surface area contributed by atoms with Crippen LogP contribution >= 0.6 is 0 Å². The molecule has 1 aliphatic carbocycles. The number of nitrogens with one attached hydrogen (secondary N) is 2. The summed E-state index contributed by atoms with van der Waals surface area (Å²) in [6.45, 7) is 4.81. The molecular formula is C26H36N6O3. The van der Waals surface area contributed by atoms with Gasteiger partial charge in [0.1, 0.15) is 11.2 Å². The maximum atomic E-state index is 13.4. The van der Waals surface area contributed by atoms with Crippen molar-refractivity contribution in [3.8, 4) is 0 Å². The molecule has 0 unspecified atom stereocenters. The highest BCUT2D eigenvalue weighted by molar-refractivity contribution is 6.01. The quantitative estimate of drug-likeness (QED) is 0.605. The van der Waals surface area contributed by atoms with Gasteiger partial charge in [-0.2, -0.15) is 5.10 Å². The van der Waals surface area contributed by atoms with Gasteiger partial charge in [-0.15, -0.1) is 0 Å². The third kappa shape index (κ3) is 5.04. The zero-order chi connectivity index (χ0) is 25.2. The molecule has 1 fully saturated rings. The minimum atomic E-state index is -1.06. The number of hydrogen-bond donors (Lipinski definition) is 2. The Morgan fingerprint density at radius 1 is 1.17 bits per heavy atom. The minimum absolute atomic E-state index is 0.153. The number of carbonyl (C=O) groups is 3. The first-order valence-corrected chi connectivity index (χ1v) is 12.5.